The molecule has 0 spiro atoms. The molecule has 1 aromatic heterocycles. The summed E-state index contributed by atoms with van der Waals surface area (Å²) in [4.78, 5) is 17.8. The third-order valence-corrected chi connectivity index (χ3v) is 4.14. The second-order valence-electron chi connectivity index (χ2n) is 4.80. The van der Waals surface area contributed by atoms with Gasteiger partial charge in [0.15, 0.2) is 5.82 Å². The van der Waals surface area contributed by atoms with Crippen molar-refractivity contribution in [1.29, 1.82) is 0 Å². The van der Waals surface area contributed by atoms with Crippen LogP contribution in [-0.2, 0) is 4.79 Å². The molecule has 0 aliphatic rings. The molecule has 0 radical (unpaired) electrons. The van der Waals surface area contributed by atoms with Gasteiger partial charge in [0.2, 0.25) is 11.1 Å². The zero-order chi connectivity index (χ0) is 16.3. The highest BCUT2D eigenvalue weighted by Crippen LogP contribution is 2.31. The number of thioether (sulfide) groups is 1. The van der Waals surface area contributed by atoms with Crippen molar-refractivity contribution in [3.63, 3.8) is 0 Å². The first kappa shape index (κ1) is 16.6. The van der Waals surface area contributed by atoms with E-state index in [1.807, 2.05) is 6.92 Å². The van der Waals surface area contributed by atoms with Crippen LogP contribution in [0.1, 0.15) is 6.92 Å². The predicted octanol–water partition coefficient (Wildman–Crippen LogP) is 2.70. The van der Waals surface area contributed by atoms with Crippen molar-refractivity contribution in [1.82, 2.24) is 20.1 Å². The van der Waals surface area contributed by atoms with Gasteiger partial charge >= 0.3 is 0 Å². The molecule has 6 nitrogen and oxygen atoms in total. The Bertz CT molecular complexity index is 675. The number of nitrogens with zero attached hydrogens (tertiary/aromatic N) is 3. The fraction of sp³-hybridized carbons (Fsp3) is 0.357. The quantitative estimate of drug-likeness (QED) is 0.847. The summed E-state index contributed by atoms with van der Waals surface area (Å²) in [6, 6.07) is 5.27. The molecular formula is C14H17ClN4O2S. The molecule has 1 heterocycles. The summed E-state index contributed by atoms with van der Waals surface area (Å²) < 4.78 is 5.30. The molecule has 1 unspecified atom stereocenters. The zero-order valence-corrected chi connectivity index (χ0v) is 14.3. The third kappa shape index (κ3) is 3.72. The van der Waals surface area contributed by atoms with Gasteiger partial charge in [-0.05, 0) is 25.1 Å². The van der Waals surface area contributed by atoms with Crippen LogP contribution < -0.4 is 4.74 Å². The van der Waals surface area contributed by atoms with E-state index in [9.17, 15) is 4.79 Å². The van der Waals surface area contributed by atoms with Gasteiger partial charge in [0.1, 0.15) is 5.75 Å². The van der Waals surface area contributed by atoms with Gasteiger partial charge in [0, 0.05) is 19.1 Å². The van der Waals surface area contributed by atoms with Gasteiger partial charge in [0.25, 0.3) is 0 Å². The van der Waals surface area contributed by atoms with Gasteiger partial charge in [-0.15, -0.1) is 5.10 Å². The van der Waals surface area contributed by atoms with Crippen LogP contribution in [0.25, 0.3) is 11.4 Å². The van der Waals surface area contributed by atoms with Crippen LogP contribution in [0.4, 0.5) is 0 Å². The van der Waals surface area contributed by atoms with Crippen molar-refractivity contribution in [2.24, 2.45) is 0 Å². The monoisotopic (exact) mass is 340 g/mol. The molecule has 1 atom stereocenters. The first-order chi connectivity index (χ1) is 10.4. The number of H-pyrrole nitrogens is 1. The van der Waals surface area contributed by atoms with Gasteiger partial charge < -0.3 is 9.64 Å². The van der Waals surface area contributed by atoms with Crippen molar-refractivity contribution in [2.45, 2.75) is 17.3 Å². The molecule has 0 bridgehead atoms. The fourth-order valence-electron chi connectivity index (χ4n) is 1.86. The molecule has 118 valence electrons. The Labute approximate surface area is 138 Å². The second-order valence-corrected chi connectivity index (χ2v) is 6.55. The van der Waals surface area contributed by atoms with Gasteiger partial charge in [-0.2, -0.15) is 0 Å². The SMILES string of the molecule is COc1ccc(Cl)cc1-c1nc(SC(C)C(=O)N(C)C)n[nH]1. The highest BCUT2D eigenvalue weighted by molar-refractivity contribution is 8.00. The number of rotatable bonds is 5. The Hall–Kier alpha value is -1.73. The Morgan fingerprint density at radius 2 is 2.18 bits per heavy atom. The molecule has 1 aromatic carbocycles. The number of aromatic amines is 1. The zero-order valence-electron chi connectivity index (χ0n) is 12.8. The number of hydrogen-bond donors (Lipinski definition) is 1. The second kappa shape index (κ2) is 7.02. The Kier molecular flexibility index (Phi) is 5.31. The summed E-state index contributed by atoms with van der Waals surface area (Å²) in [5.41, 5.74) is 0.723. The van der Waals surface area contributed by atoms with Crippen LogP contribution in [0.15, 0.2) is 23.4 Å². The number of methoxy groups -OCH3 is 1. The lowest BCUT2D eigenvalue weighted by atomic mass is 10.2. The van der Waals surface area contributed by atoms with E-state index in [0.717, 1.165) is 5.56 Å². The molecule has 1 N–H and O–H groups in total. The highest BCUT2D eigenvalue weighted by atomic mass is 35.5. The number of ether oxygens (including phenoxy) is 1. The van der Waals surface area contributed by atoms with E-state index in [1.54, 1.807) is 44.3 Å². The number of hydrogen-bond acceptors (Lipinski definition) is 5. The summed E-state index contributed by atoms with van der Waals surface area (Å²) in [5, 5.41) is 7.81. The van der Waals surface area contributed by atoms with Crippen molar-refractivity contribution < 1.29 is 9.53 Å². The van der Waals surface area contributed by atoms with E-state index in [2.05, 4.69) is 15.2 Å². The van der Waals surface area contributed by atoms with Crippen LogP contribution >= 0.6 is 23.4 Å². The van der Waals surface area contributed by atoms with Crippen LogP contribution in [0.2, 0.25) is 5.02 Å². The molecule has 0 saturated carbocycles. The molecule has 22 heavy (non-hydrogen) atoms. The number of amides is 1. The summed E-state index contributed by atoms with van der Waals surface area (Å²) in [5.74, 6) is 1.21. The number of benzene rings is 1. The maximum absolute atomic E-state index is 11.9. The molecule has 2 aromatic rings. The maximum Gasteiger partial charge on any atom is 0.235 e. The Morgan fingerprint density at radius 3 is 2.82 bits per heavy atom. The van der Waals surface area contributed by atoms with Crippen molar-refractivity contribution >= 4 is 29.3 Å². The summed E-state index contributed by atoms with van der Waals surface area (Å²) >= 11 is 7.31. The third-order valence-electron chi connectivity index (χ3n) is 2.95. The standard InChI is InChI=1S/C14H17ClN4O2S/c1-8(13(20)19(2)3)22-14-16-12(17-18-14)10-7-9(15)5-6-11(10)21-4/h5-8H,1-4H3,(H,16,17,18). The molecule has 1 amide bonds. The normalized spacial score (nSPS) is 12.0. The van der Waals surface area contributed by atoms with E-state index in [-0.39, 0.29) is 11.2 Å². The number of aromatic nitrogens is 3. The van der Waals surface area contributed by atoms with E-state index in [1.165, 1.54) is 11.8 Å². The molecule has 0 saturated heterocycles. The minimum atomic E-state index is -0.264. The molecule has 0 fully saturated rings. The van der Waals surface area contributed by atoms with Gasteiger partial charge in [-0.25, -0.2) is 4.98 Å². The predicted molar refractivity (Wildman–Crippen MR) is 87.4 cm³/mol. The number of nitrogens with one attached hydrogen (secondary N) is 1. The van der Waals surface area contributed by atoms with Gasteiger partial charge in [0.05, 0.1) is 17.9 Å². The summed E-state index contributed by atoms with van der Waals surface area (Å²) in [6.07, 6.45) is 0. The lowest BCUT2D eigenvalue weighted by molar-refractivity contribution is -0.127. The highest BCUT2D eigenvalue weighted by Gasteiger charge is 2.19. The summed E-state index contributed by atoms with van der Waals surface area (Å²) in [6.45, 7) is 1.82. The van der Waals surface area contributed by atoms with E-state index in [4.69, 9.17) is 16.3 Å². The fourth-order valence-corrected chi connectivity index (χ4v) is 2.90. The van der Waals surface area contributed by atoms with Crippen LogP contribution in [0, 0.1) is 0 Å². The molecular weight excluding hydrogens is 324 g/mol. The van der Waals surface area contributed by atoms with E-state index >= 15 is 0 Å². The summed E-state index contributed by atoms with van der Waals surface area (Å²) in [7, 11) is 5.02. The van der Waals surface area contributed by atoms with E-state index < -0.39 is 0 Å². The van der Waals surface area contributed by atoms with Crippen LogP contribution in [-0.4, -0.2) is 52.4 Å². The number of halogens is 1. The lowest BCUT2D eigenvalue weighted by Gasteiger charge is -2.14. The molecule has 8 heteroatoms. The lowest BCUT2D eigenvalue weighted by Crippen LogP contribution is -2.29. The van der Waals surface area contributed by atoms with Crippen LogP contribution in [0.5, 0.6) is 5.75 Å². The minimum Gasteiger partial charge on any atom is -0.496 e. The first-order valence-corrected chi connectivity index (χ1v) is 7.82. The van der Waals surface area contributed by atoms with Crippen molar-refractivity contribution in [3.8, 4) is 17.1 Å². The average Bonchev–Trinajstić information content (AvgIpc) is 2.94. The average molecular weight is 341 g/mol. The van der Waals surface area contributed by atoms with E-state index in [0.29, 0.717) is 21.8 Å². The minimum absolute atomic E-state index is 0.0108. The van der Waals surface area contributed by atoms with Gasteiger partial charge in [-0.3, -0.25) is 9.89 Å². The Morgan fingerprint density at radius 1 is 1.45 bits per heavy atom. The Balaban J connectivity index is 2.22. The molecule has 0 aliphatic heterocycles. The van der Waals surface area contributed by atoms with Crippen molar-refractivity contribution in [2.75, 3.05) is 21.2 Å². The smallest absolute Gasteiger partial charge is 0.235 e. The van der Waals surface area contributed by atoms with Crippen molar-refractivity contribution in [3.05, 3.63) is 23.2 Å². The maximum atomic E-state index is 11.9. The molecule has 2 rings (SSSR count). The van der Waals surface area contributed by atoms with Gasteiger partial charge in [-0.1, -0.05) is 23.4 Å². The largest absolute Gasteiger partial charge is 0.496 e. The number of carbonyl (C=O) groups is 1. The van der Waals surface area contributed by atoms with Crippen LogP contribution in [0.3, 0.4) is 0 Å². The number of carbonyl (C=O) groups excluding carboxylic acids is 1. The topological polar surface area (TPSA) is 71.1 Å². The molecule has 0 aliphatic carbocycles. The first-order valence-electron chi connectivity index (χ1n) is 6.56.